The Balaban J connectivity index is 1.52. The maximum absolute atomic E-state index is 14.5. The predicted octanol–water partition coefficient (Wildman–Crippen LogP) is 6.31. The number of hydrogen-bond acceptors (Lipinski definition) is 6. The number of carbonyl (C=O) groups is 2. The first kappa shape index (κ1) is 33.3. The summed E-state index contributed by atoms with van der Waals surface area (Å²) in [6, 6.07) is 12.1. The van der Waals surface area contributed by atoms with Crippen LogP contribution in [0.1, 0.15) is 68.7 Å². The Kier molecular flexibility index (Phi) is 10.6. The number of benzene rings is 2. The van der Waals surface area contributed by atoms with E-state index in [0.29, 0.717) is 47.9 Å². The van der Waals surface area contributed by atoms with Crippen molar-refractivity contribution in [1.82, 2.24) is 9.47 Å². The van der Waals surface area contributed by atoms with Gasteiger partial charge in [-0.3, -0.25) is 14.5 Å². The molecule has 3 aromatic rings. The van der Waals surface area contributed by atoms with Crippen molar-refractivity contribution in [1.29, 1.82) is 0 Å². The number of amides is 1. The van der Waals surface area contributed by atoms with E-state index >= 15 is 0 Å². The molecule has 0 radical (unpaired) electrons. The molecule has 1 aromatic heterocycles. The van der Waals surface area contributed by atoms with Crippen molar-refractivity contribution in [2.75, 3.05) is 31.9 Å². The Labute approximate surface area is 270 Å². The summed E-state index contributed by atoms with van der Waals surface area (Å²) in [5, 5.41) is 10.7. The third-order valence-corrected chi connectivity index (χ3v) is 9.53. The third-order valence-electron chi connectivity index (χ3n) is 9.53. The van der Waals surface area contributed by atoms with Crippen molar-refractivity contribution in [3.8, 4) is 17.2 Å². The first-order valence-electron chi connectivity index (χ1n) is 16.3. The lowest BCUT2D eigenvalue weighted by Gasteiger charge is -2.35. The Bertz CT molecular complexity index is 1530. The van der Waals surface area contributed by atoms with Crippen LogP contribution in [0.5, 0.6) is 17.2 Å². The van der Waals surface area contributed by atoms with Crippen molar-refractivity contribution in [2.45, 2.75) is 77.3 Å². The summed E-state index contributed by atoms with van der Waals surface area (Å²) in [5.41, 5.74) is 3.01. The molecular formula is C36H46FN3O6. The molecule has 3 heterocycles. The number of likely N-dealkylation sites (tertiary alicyclic amines) is 1. The first-order chi connectivity index (χ1) is 22.2. The zero-order valence-electron chi connectivity index (χ0n) is 27.5. The third kappa shape index (κ3) is 6.87. The smallest absolute Gasteiger partial charge is 0.308 e. The molecule has 9 nitrogen and oxygen atoms in total. The molecule has 2 aromatic carbocycles. The summed E-state index contributed by atoms with van der Waals surface area (Å²) in [6.07, 6.45) is 6.61. The molecule has 1 saturated heterocycles. The number of aromatic nitrogens is 1. The second kappa shape index (κ2) is 14.6. The Morgan fingerprint density at radius 3 is 2.52 bits per heavy atom. The van der Waals surface area contributed by atoms with Gasteiger partial charge in [-0.2, -0.15) is 0 Å². The molecule has 3 unspecified atom stereocenters. The molecular weight excluding hydrogens is 589 g/mol. The van der Waals surface area contributed by atoms with E-state index in [1.165, 1.54) is 6.07 Å². The van der Waals surface area contributed by atoms with E-state index in [0.717, 1.165) is 36.9 Å². The van der Waals surface area contributed by atoms with E-state index in [2.05, 4.69) is 13.8 Å². The number of fused-ring (bicyclic) bond motifs is 1. The van der Waals surface area contributed by atoms with Crippen LogP contribution in [0.2, 0.25) is 0 Å². The quantitative estimate of drug-likeness (QED) is 0.222. The van der Waals surface area contributed by atoms with Gasteiger partial charge in [0.1, 0.15) is 5.82 Å². The molecule has 3 atom stereocenters. The molecule has 0 aliphatic carbocycles. The topological polar surface area (TPSA) is 93.5 Å². The molecule has 0 bridgehead atoms. The van der Waals surface area contributed by atoms with Crippen LogP contribution in [0.15, 0.2) is 48.7 Å². The lowest BCUT2D eigenvalue weighted by atomic mass is 9.83. The molecule has 5 rings (SSSR count). The fourth-order valence-electron chi connectivity index (χ4n) is 7.26. The van der Waals surface area contributed by atoms with Crippen molar-refractivity contribution >= 4 is 17.6 Å². The van der Waals surface area contributed by atoms with Gasteiger partial charge < -0.3 is 28.8 Å². The van der Waals surface area contributed by atoms with Crippen LogP contribution in [0.3, 0.4) is 0 Å². The first-order valence-corrected chi connectivity index (χ1v) is 16.3. The molecule has 0 saturated carbocycles. The van der Waals surface area contributed by atoms with E-state index in [1.54, 1.807) is 26.2 Å². The van der Waals surface area contributed by atoms with E-state index < -0.39 is 23.8 Å². The summed E-state index contributed by atoms with van der Waals surface area (Å²) < 4.78 is 33.2. The van der Waals surface area contributed by atoms with Gasteiger partial charge >= 0.3 is 5.97 Å². The largest absolute Gasteiger partial charge is 0.493 e. The second-order valence-corrected chi connectivity index (χ2v) is 12.5. The van der Waals surface area contributed by atoms with E-state index in [-0.39, 0.29) is 31.1 Å². The normalized spacial score (nSPS) is 19.2. The summed E-state index contributed by atoms with van der Waals surface area (Å²) in [4.78, 5) is 31.5. The van der Waals surface area contributed by atoms with Crippen LogP contribution in [-0.4, -0.2) is 65.5 Å². The summed E-state index contributed by atoms with van der Waals surface area (Å²) in [5.74, 6) is -1.02. The number of aliphatic carboxylic acids is 1. The van der Waals surface area contributed by atoms with Crippen LogP contribution < -0.4 is 19.1 Å². The zero-order chi connectivity index (χ0) is 33.0. The monoisotopic (exact) mass is 635 g/mol. The number of ether oxygens (including phenoxy) is 3. The SMILES string of the molecule is CCCC(CCC)N(C(=O)CN1CC(c2cc(OC)c3c(c2)OCO3)C(C(=O)O)C1CCc1cccn1C)c1ccc(F)c(C)c1. The van der Waals surface area contributed by atoms with Gasteiger partial charge in [0.25, 0.3) is 0 Å². The van der Waals surface area contributed by atoms with Crippen LogP contribution in [0, 0.1) is 18.7 Å². The van der Waals surface area contributed by atoms with Gasteiger partial charge in [0, 0.05) is 49.2 Å². The minimum absolute atomic E-state index is 0.0418. The number of halogens is 1. The number of methoxy groups -OCH3 is 1. The number of hydrogen-bond donors (Lipinski definition) is 1. The maximum Gasteiger partial charge on any atom is 0.308 e. The highest BCUT2D eigenvalue weighted by atomic mass is 19.1. The van der Waals surface area contributed by atoms with Crippen molar-refractivity contribution < 1.29 is 33.3 Å². The number of nitrogens with zero attached hydrogens (tertiary/aromatic N) is 3. The molecule has 248 valence electrons. The van der Waals surface area contributed by atoms with Gasteiger partial charge in [0.15, 0.2) is 11.5 Å². The average Bonchev–Trinajstić information content (AvgIpc) is 3.76. The van der Waals surface area contributed by atoms with Gasteiger partial charge in [-0.25, -0.2) is 4.39 Å². The standard InChI is InChI=1S/C36H46FN3O6/c1-6-9-26(10-7-2)40(27-12-14-29(37)23(3)17-27)33(41)21-39-20-28(24-18-31(44-5)35-32(19-24)45-22-46-35)34(36(42)43)30(39)15-13-25-11-8-16-38(25)4/h8,11-12,14,16-19,26,28,30,34H,6-7,9-10,13,15,20-22H2,1-5H3,(H,42,43). The molecule has 10 heteroatoms. The van der Waals surface area contributed by atoms with E-state index in [1.807, 2.05) is 51.9 Å². The number of carboxylic acids is 1. The van der Waals surface area contributed by atoms with Crippen LogP contribution >= 0.6 is 0 Å². The van der Waals surface area contributed by atoms with E-state index in [9.17, 15) is 19.1 Å². The lowest BCUT2D eigenvalue weighted by Crippen LogP contribution is -2.48. The number of aryl methyl sites for hydroxylation is 3. The van der Waals surface area contributed by atoms with E-state index in [4.69, 9.17) is 14.2 Å². The molecule has 1 fully saturated rings. The number of carboxylic acid groups (broad SMARTS) is 1. The minimum atomic E-state index is -0.908. The van der Waals surface area contributed by atoms with Crippen LogP contribution in [0.4, 0.5) is 10.1 Å². The zero-order valence-corrected chi connectivity index (χ0v) is 27.5. The molecule has 46 heavy (non-hydrogen) atoms. The summed E-state index contributed by atoms with van der Waals surface area (Å²) in [6.45, 7) is 6.38. The second-order valence-electron chi connectivity index (χ2n) is 12.5. The number of carbonyl (C=O) groups excluding carboxylic acids is 1. The van der Waals surface area contributed by atoms with Crippen LogP contribution in [-0.2, 0) is 23.1 Å². The highest BCUT2D eigenvalue weighted by Crippen LogP contribution is 2.47. The van der Waals surface area contributed by atoms with Gasteiger partial charge in [0.05, 0.1) is 19.6 Å². The molecule has 2 aliphatic heterocycles. The van der Waals surface area contributed by atoms with Crippen molar-refractivity contribution in [3.63, 3.8) is 0 Å². The Morgan fingerprint density at radius 2 is 1.89 bits per heavy atom. The van der Waals surface area contributed by atoms with Gasteiger partial charge in [-0.05, 0) is 86.2 Å². The van der Waals surface area contributed by atoms with Gasteiger partial charge in [-0.15, -0.1) is 0 Å². The molecule has 0 spiro atoms. The van der Waals surface area contributed by atoms with Gasteiger partial charge in [-0.1, -0.05) is 26.7 Å². The fourth-order valence-corrected chi connectivity index (χ4v) is 7.26. The molecule has 1 N–H and O–H groups in total. The van der Waals surface area contributed by atoms with Gasteiger partial charge in [0.2, 0.25) is 18.4 Å². The Morgan fingerprint density at radius 1 is 1.13 bits per heavy atom. The minimum Gasteiger partial charge on any atom is -0.493 e. The maximum atomic E-state index is 14.5. The van der Waals surface area contributed by atoms with Crippen LogP contribution in [0.25, 0.3) is 0 Å². The average molecular weight is 636 g/mol. The fraction of sp³-hybridized carbons (Fsp3) is 0.500. The molecule has 1 amide bonds. The summed E-state index contributed by atoms with van der Waals surface area (Å²) in [7, 11) is 3.53. The van der Waals surface area contributed by atoms with Crippen molar-refractivity contribution in [3.05, 3.63) is 71.3 Å². The van der Waals surface area contributed by atoms with Crippen molar-refractivity contribution in [2.24, 2.45) is 13.0 Å². The highest BCUT2D eigenvalue weighted by Gasteiger charge is 2.48. The number of rotatable bonds is 14. The molecule has 2 aliphatic rings. The predicted molar refractivity (Wildman–Crippen MR) is 174 cm³/mol. The summed E-state index contributed by atoms with van der Waals surface area (Å²) >= 11 is 0. The number of anilines is 1. The Hall–Kier alpha value is -4.05. The highest BCUT2D eigenvalue weighted by molar-refractivity contribution is 5.95. The lowest BCUT2D eigenvalue weighted by molar-refractivity contribution is -0.143.